The number of carbonyl (C=O) groups is 2. The molecule has 0 aliphatic rings. The lowest BCUT2D eigenvalue weighted by atomic mass is 10.4. The van der Waals surface area contributed by atoms with Crippen molar-refractivity contribution in [3.63, 3.8) is 0 Å². The van der Waals surface area contributed by atoms with Crippen LogP contribution in [0.25, 0.3) is 0 Å². The summed E-state index contributed by atoms with van der Waals surface area (Å²) in [5.41, 5.74) is 0.838. The van der Waals surface area contributed by atoms with E-state index in [0.29, 0.717) is 10.9 Å². The Morgan fingerprint density at radius 2 is 2.21 bits per heavy atom. The molecule has 0 aliphatic carbocycles. The number of aromatic carboxylic acids is 1. The van der Waals surface area contributed by atoms with Gasteiger partial charge in [-0.05, 0) is 6.92 Å². The van der Waals surface area contributed by atoms with Crippen LogP contribution in [0, 0.1) is 6.92 Å². The van der Waals surface area contributed by atoms with E-state index in [2.05, 4.69) is 10.3 Å². The minimum absolute atomic E-state index is 0.172. The number of thiophene rings is 1. The standard InChI is InChI=1S/C11H10N2O4S2/c1-6-4-19-11(12-6)13-9(14)3-17-7-2-8(10(15)16)18-5-7/h2,4-5H,3H2,1H3,(H,15,16)(H,12,13,14). The van der Waals surface area contributed by atoms with Crippen molar-refractivity contribution < 1.29 is 19.4 Å². The van der Waals surface area contributed by atoms with E-state index < -0.39 is 5.97 Å². The van der Waals surface area contributed by atoms with Gasteiger partial charge in [0.25, 0.3) is 5.91 Å². The number of thiazole rings is 1. The maximum Gasteiger partial charge on any atom is 0.346 e. The van der Waals surface area contributed by atoms with Crippen LogP contribution in [-0.2, 0) is 4.79 Å². The Morgan fingerprint density at radius 1 is 1.42 bits per heavy atom. The Hall–Kier alpha value is -1.93. The molecular weight excluding hydrogens is 288 g/mol. The van der Waals surface area contributed by atoms with Gasteiger partial charge in [0.2, 0.25) is 0 Å². The van der Waals surface area contributed by atoms with Crippen LogP contribution >= 0.6 is 22.7 Å². The van der Waals surface area contributed by atoms with Crippen LogP contribution in [0.4, 0.5) is 5.13 Å². The molecule has 19 heavy (non-hydrogen) atoms. The summed E-state index contributed by atoms with van der Waals surface area (Å²) >= 11 is 2.38. The lowest BCUT2D eigenvalue weighted by Crippen LogP contribution is -2.19. The molecular formula is C11H10N2O4S2. The lowest BCUT2D eigenvalue weighted by molar-refractivity contribution is -0.118. The average molecular weight is 298 g/mol. The molecule has 0 atom stereocenters. The third kappa shape index (κ3) is 3.76. The molecule has 0 saturated heterocycles. The highest BCUT2D eigenvalue weighted by atomic mass is 32.1. The number of amides is 1. The van der Waals surface area contributed by atoms with Crippen molar-refractivity contribution in [1.29, 1.82) is 0 Å². The van der Waals surface area contributed by atoms with Gasteiger partial charge >= 0.3 is 5.97 Å². The number of ether oxygens (including phenoxy) is 1. The molecule has 0 fully saturated rings. The molecule has 2 rings (SSSR count). The van der Waals surface area contributed by atoms with Crippen molar-refractivity contribution >= 4 is 39.7 Å². The smallest absolute Gasteiger partial charge is 0.346 e. The van der Waals surface area contributed by atoms with Gasteiger partial charge in [0.1, 0.15) is 10.6 Å². The predicted molar refractivity (Wildman–Crippen MR) is 72.3 cm³/mol. The van der Waals surface area contributed by atoms with E-state index in [-0.39, 0.29) is 17.4 Å². The predicted octanol–water partition coefficient (Wildman–Crippen LogP) is 2.23. The maximum atomic E-state index is 11.6. The number of hydrogen-bond acceptors (Lipinski definition) is 6. The second kappa shape index (κ2) is 5.81. The van der Waals surface area contributed by atoms with Gasteiger partial charge in [0.15, 0.2) is 11.7 Å². The molecule has 0 aliphatic heterocycles. The molecule has 100 valence electrons. The summed E-state index contributed by atoms with van der Waals surface area (Å²) in [6.45, 7) is 1.65. The number of carboxylic acids is 1. The van der Waals surface area contributed by atoms with Gasteiger partial charge in [-0.1, -0.05) is 0 Å². The maximum absolute atomic E-state index is 11.6. The van der Waals surface area contributed by atoms with Gasteiger partial charge in [-0.25, -0.2) is 9.78 Å². The van der Waals surface area contributed by atoms with Crippen molar-refractivity contribution in [3.8, 4) is 5.75 Å². The van der Waals surface area contributed by atoms with Crippen LogP contribution in [0.2, 0.25) is 0 Å². The largest absolute Gasteiger partial charge is 0.483 e. The average Bonchev–Trinajstić information content (AvgIpc) is 2.96. The van der Waals surface area contributed by atoms with E-state index >= 15 is 0 Å². The zero-order valence-electron chi connectivity index (χ0n) is 9.87. The Morgan fingerprint density at radius 3 is 2.79 bits per heavy atom. The van der Waals surface area contributed by atoms with Gasteiger partial charge in [-0.3, -0.25) is 10.1 Å². The summed E-state index contributed by atoms with van der Waals surface area (Å²) in [7, 11) is 0. The van der Waals surface area contributed by atoms with Crippen molar-refractivity contribution in [2.24, 2.45) is 0 Å². The molecule has 2 aromatic heterocycles. The fourth-order valence-corrected chi connectivity index (χ4v) is 2.59. The molecule has 0 bridgehead atoms. The summed E-state index contributed by atoms with van der Waals surface area (Å²) < 4.78 is 5.19. The number of nitrogens with zero attached hydrogens (tertiary/aromatic N) is 1. The van der Waals surface area contributed by atoms with Crippen molar-refractivity contribution in [3.05, 3.63) is 27.4 Å². The number of carboxylic acid groups (broad SMARTS) is 1. The number of nitrogens with one attached hydrogen (secondary N) is 1. The van der Waals surface area contributed by atoms with Crippen molar-refractivity contribution in [1.82, 2.24) is 4.98 Å². The Kier molecular flexibility index (Phi) is 4.13. The van der Waals surface area contributed by atoms with E-state index in [1.165, 1.54) is 17.4 Å². The van der Waals surface area contributed by atoms with Gasteiger partial charge in [0, 0.05) is 16.8 Å². The topological polar surface area (TPSA) is 88.5 Å². The zero-order valence-corrected chi connectivity index (χ0v) is 11.5. The lowest BCUT2D eigenvalue weighted by Gasteiger charge is -2.03. The quantitative estimate of drug-likeness (QED) is 0.883. The van der Waals surface area contributed by atoms with E-state index in [9.17, 15) is 9.59 Å². The van der Waals surface area contributed by atoms with Crippen LogP contribution in [-0.4, -0.2) is 28.6 Å². The van der Waals surface area contributed by atoms with Crippen LogP contribution in [0.5, 0.6) is 5.75 Å². The number of aromatic nitrogens is 1. The molecule has 0 aromatic carbocycles. The second-order valence-corrected chi connectivity index (χ2v) is 5.35. The Bertz CT molecular complexity index is 605. The first-order valence-corrected chi connectivity index (χ1v) is 6.97. The Balaban J connectivity index is 1.84. The highest BCUT2D eigenvalue weighted by molar-refractivity contribution is 7.14. The fraction of sp³-hybridized carbons (Fsp3) is 0.182. The van der Waals surface area contributed by atoms with E-state index in [1.807, 2.05) is 12.3 Å². The number of carbonyl (C=O) groups excluding carboxylic acids is 1. The monoisotopic (exact) mass is 298 g/mol. The number of rotatable bonds is 5. The summed E-state index contributed by atoms with van der Waals surface area (Å²) in [5.74, 6) is -0.979. The number of anilines is 1. The van der Waals surface area contributed by atoms with Crippen molar-refractivity contribution in [2.45, 2.75) is 6.92 Å². The van der Waals surface area contributed by atoms with E-state index in [4.69, 9.17) is 9.84 Å². The first kappa shape index (κ1) is 13.5. The van der Waals surface area contributed by atoms with Gasteiger partial charge in [0.05, 0.1) is 5.69 Å². The van der Waals surface area contributed by atoms with E-state index in [1.54, 1.807) is 5.38 Å². The highest BCUT2D eigenvalue weighted by Crippen LogP contribution is 2.21. The normalized spacial score (nSPS) is 10.2. The van der Waals surface area contributed by atoms with Gasteiger partial charge in [-0.15, -0.1) is 22.7 Å². The minimum atomic E-state index is -1.01. The third-order valence-electron chi connectivity index (χ3n) is 2.02. The molecule has 2 heterocycles. The molecule has 8 heteroatoms. The Labute approximate surface area is 116 Å². The molecule has 6 nitrogen and oxygen atoms in total. The molecule has 0 spiro atoms. The minimum Gasteiger partial charge on any atom is -0.483 e. The molecule has 1 amide bonds. The van der Waals surface area contributed by atoms with Crippen LogP contribution in [0.3, 0.4) is 0 Å². The fourth-order valence-electron chi connectivity index (χ4n) is 1.22. The third-order valence-corrected chi connectivity index (χ3v) is 3.79. The van der Waals surface area contributed by atoms with Crippen LogP contribution in [0.15, 0.2) is 16.8 Å². The summed E-state index contributed by atoms with van der Waals surface area (Å²) in [6, 6.07) is 1.38. The van der Waals surface area contributed by atoms with E-state index in [0.717, 1.165) is 17.0 Å². The van der Waals surface area contributed by atoms with Gasteiger partial charge < -0.3 is 9.84 Å². The molecule has 2 aromatic rings. The van der Waals surface area contributed by atoms with Crippen LogP contribution in [0.1, 0.15) is 15.4 Å². The van der Waals surface area contributed by atoms with Crippen LogP contribution < -0.4 is 10.1 Å². The molecule has 0 radical (unpaired) electrons. The number of aryl methyl sites for hydroxylation is 1. The first-order chi connectivity index (χ1) is 9.04. The molecule has 2 N–H and O–H groups in total. The molecule has 0 saturated carbocycles. The number of hydrogen-bond donors (Lipinski definition) is 2. The van der Waals surface area contributed by atoms with Crippen molar-refractivity contribution in [2.75, 3.05) is 11.9 Å². The summed E-state index contributed by atoms with van der Waals surface area (Å²) in [4.78, 5) is 26.5. The second-order valence-electron chi connectivity index (χ2n) is 3.58. The SMILES string of the molecule is Cc1csc(NC(=O)COc2csc(C(=O)O)c2)n1. The summed E-state index contributed by atoms with van der Waals surface area (Å²) in [5, 5.41) is 15.2. The zero-order chi connectivity index (χ0) is 13.8. The first-order valence-electron chi connectivity index (χ1n) is 5.21. The molecule has 0 unspecified atom stereocenters. The highest BCUT2D eigenvalue weighted by Gasteiger charge is 2.10. The summed E-state index contributed by atoms with van der Waals surface area (Å²) in [6.07, 6.45) is 0. The van der Waals surface area contributed by atoms with Gasteiger partial charge in [-0.2, -0.15) is 0 Å².